The van der Waals surface area contributed by atoms with Gasteiger partial charge in [0.05, 0.1) is 17.0 Å². The Balaban J connectivity index is 1.92. The second-order valence-corrected chi connectivity index (χ2v) is 10.2. The van der Waals surface area contributed by atoms with E-state index in [0.29, 0.717) is 5.02 Å². The zero-order valence-corrected chi connectivity index (χ0v) is 20.2. The number of amides is 1. The third-order valence-corrected chi connectivity index (χ3v) is 7.41. The van der Waals surface area contributed by atoms with Gasteiger partial charge in [0.25, 0.3) is 0 Å². The van der Waals surface area contributed by atoms with E-state index in [4.69, 9.17) is 34.8 Å². The Labute approximate surface area is 209 Å². The smallest absolute Gasteiger partial charge is 0.325 e. The van der Waals surface area contributed by atoms with Crippen molar-refractivity contribution in [2.45, 2.75) is 17.6 Å². The van der Waals surface area contributed by atoms with Crippen molar-refractivity contribution in [2.24, 2.45) is 0 Å². The van der Waals surface area contributed by atoms with E-state index in [9.17, 15) is 26.4 Å². The Kier molecular flexibility index (Phi) is 8.15. The summed E-state index contributed by atoms with van der Waals surface area (Å²) in [6, 6.07) is 13.9. The van der Waals surface area contributed by atoms with Crippen molar-refractivity contribution < 1.29 is 26.4 Å². The topological polar surface area (TPSA) is 66.5 Å². The molecule has 3 rings (SSSR count). The average Bonchev–Trinajstić information content (AvgIpc) is 2.75. The van der Waals surface area contributed by atoms with Crippen LogP contribution in [0.25, 0.3) is 0 Å². The zero-order valence-electron chi connectivity index (χ0n) is 17.1. The highest BCUT2D eigenvalue weighted by Gasteiger charge is 2.31. The molecule has 3 aromatic carbocycles. The van der Waals surface area contributed by atoms with Gasteiger partial charge < -0.3 is 5.32 Å². The predicted octanol–water partition coefficient (Wildman–Crippen LogP) is 6.50. The van der Waals surface area contributed by atoms with Gasteiger partial charge in [-0.25, -0.2) is 8.42 Å². The number of rotatable bonds is 7. The van der Waals surface area contributed by atoms with E-state index in [1.807, 2.05) is 0 Å². The first-order valence-corrected chi connectivity index (χ1v) is 12.1. The number of hydrogen-bond donors (Lipinski definition) is 1. The second kappa shape index (κ2) is 10.5. The molecule has 0 atom stereocenters. The van der Waals surface area contributed by atoms with Crippen molar-refractivity contribution >= 4 is 56.4 Å². The first kappa shape index (κ1) is 26.3. The van der Waals surface area contributed by atoms with E-state index in [1.165, 1.54) is 42.5 Å². The lowest BCUT2D eigenvalue weighted by Gasteiger charge is -2.23. The summed E-state index contributed by atoms with van der Waals surface area (Å²) < 4.78 is 66.4. The van der Waals surface area contributed by atoms with Gasteiger partial charge in [-0.15, -0.1) is 0 Å². The van der Waals surface area contributed by atoms with E-state index in [2.05, 4.69) is 5.32 Å². The van der Waals surface area contributed by atoms with Crippen LogP contribution in [-0.4, -0.2) is 25.2 Å². The Morgan fingerprint density at radius 3 is 2.09 bits per heavy atom. The molecule has 0 unspecified atom stereocenters. The lowest BCUT2D eigenvalue weighted by atomic mass is 10.2. The van der Waals surface area contributed by atoms with Crippen LogP contribution in [0.15, 0.2) is 71.6 Å². The molecule has 12 heteroatoms. The molecule has 0 bridgehead atoms. The number of nitrogens with one attached hydrogen (secondary N) is 1. The van der Waals surface area contributed by atoms with Crippen LogP contribution in [0.3, 0.4) is 0 Å². The zero-order chi connectivity index (χ0) is 25.1. The fourth-order valence-electron chi connectivity index (χ4n) is 2.98. The maximum absolute atomic E-state index is 13.3. The van der Waals surface area contributed by atoms with Crippen LogP contribution in [-0.2, 0) is 27.5 Å². The number of benzene rings is 3. The lowest BCUT2D eigenvalue weighted by molar-refractivity contribution is -0.137. The van der Waals surface area contributed by atoms with Gasteiger partial charge in [-0.1, -0.05) is 46.9 Å². The van der Waals surface area contributed by atoms with Gasteiger partial charge in [-0.05, 0) is 54.6 Å². The molecular formula is C22H16Cl3F3N2O3S. The average molecular weight is 552 g/mol. The standard InChI is InChI=1S/C22H16Cl3F3N2O3S/c23-15-7-9-17(10-8-15)34(32,33)30(12-18-19(24)5-2-6-20(18)25)13-21(31)29-16-4-1-3-14(11-16)22(26,27)28/h1-11H,12-13H2,(H,29,31). The van der Waals surface area contributed by atoms with E-state index >= 15 is 0 Å². The molecule has 0 heterocycles. The molecule has 1 amide bonds. The Hall–Kier alpha value is -2.30. The summed E-state index contributed by atoms with van der Waals surface area (Å²) in [5.74, 6) is -0.861. The lowest BCUT2D eigenvalue weighted by Crippen LogP contribution is -2.37. The van der Waals surface area contributed by atoms with Crippen molar-refractivity contribution in [3.63, 3.8) is 0 Å². The summed E-state index contributed by atoms with van der Waals surface area (Å²) in [5, 5.41) is 2.97. The molecule has 3 aromatic rings. The SMILES string of the molecule is O=C(CN(Cc1c(Cl)cccc1Cl)S(=O)(=O)c1ccc(Cl)cc1)Nc1cccc(C(F)(F)F)c1. The third kappa shape index (κ3) is 6.43. The van der Waals surface area contributed by atoms with Crippen LogP contribution < -0.4 is 5.32 Å². The minimum atomic E-state index is -4.61. The molecule has 0 aliphatic heterocycles. The number of sulfonamides is 1. The van der Waals surface area contributed by atoms with Crippen LogP contribution in [0.4, 0.5) is 18.9 Å². The predicted molar refractivity (Wildman–Crippen MR) is 126 cm³/mol. The quantitative estimate of drug-likeness (QED) is 0.365. The minimum absolute atomic E-state index is 0.139. The van der Waals surface area contributed by atoms with Crippen molar-refractivity contribution in [2.75, 3.05) is 11.9 Å². The van der Waals surface area contributed by atoms with Gasteiger partial charge in [0.1, 0.15) is 0 Å². The van der Waals surface area contributed by atoms with E-state index < -0.39 is 34.2 Å². The number of halogens is 6. The normalized spacial score (nSPS) is 12.1. The summed E-state index contributed by atoms with van der Waals surface area (Å²) >= 11 is 18.2. The summed E-state index contributed by atoms with van der Waals surface area (Å²) in [4.78, 5) is 12.5. The van der Waals surface area contributed by atoms with Gasteiger partial charge >= 0.3 is 6.18 Å². The van der Waals surface area contributed by atoms with Crippen molar-refractivity contribution in [1.29, 1.82) is 0 Å². The molecule has 0 spiro atoms. The van der Waals surface area contributed by atoms with Crippen LogP contribution in [0.5, 0.6) is 0 Å². The highest BCUT2D eigenvalue weighted by Crippen LogP contribution is 2.31. The number of anilines is 1. The van der Waals surface area contributed by atoms with Crippen LogP contribution in [0.1, 0.15) is 11.1 Å². The second-order valence-electron chi connectivity index (χ2n) is 7.05. The monoisotopic (exact) mass is 550 g/mol. The van der Waals surface area contributed by atoms with E-state index in [-0.39, 0.29) is 32.7 Å². The van der Waals surface area contributed by atoms with Crippen LogP contribution in [0.2, 0.25) is 15.1 Å². The number of nitrogens with zero attached hydrogens (tertiary/aromatic N) is 1. The van der Waals surface area contributed by atoms with E-state index in [1.54, 1.807) is 6.07 Å². The van der Waals surface area contributed by atoms with Crippen LogP contribution in [0, 0.1) is 0 Å². The van der Waals surface area contributed by atoms with Gasteiger partial charge in [0.2, 0.25) is 15.9 Å². The van der Waals surface area contributed by atoms with Crippen LogP contribution >= 0.6 is 34.8 Å². The molecular weight excluding hydrogens is 536 g/mol. The molecule has 180 valence electrons. The fraction of sp³-hybridized carbons (Fsp3) is 0.136. The summed E-state index contributed by atoms with van der Waals surface area (Å²) in [7, 11) is -4.25. The fourth-order valence-corrected chi connectivity index (χ4v) is 4.98. The summed E-state index contributed by atoms with van der Waals surface area (Å²) in [6.07, 6.45) is -4.61. The van der Waals surface area contributed by atoms with Gasteiger partial charge in [-0.3, -0.25) is 4.79 Å². The highest BCUT2D eigenvalue weighted by molar-refractivity contribution is 7.89. The molecule has 0 saturated heterocycles. The number of carbonyl (C=O) groups is 1. The molecule has 0 aliphatic carbocycles. The molecule has 34 heavy (non-hydrogen) atoms. The Bertz CT molecular complexity index is 1280. The molecule has 0 radical (unpaired) electrons. The first-order valence-electron chi connectivity index (χ1n) is 9.53. The molecule has 0 aromatic heterocycles. The molecule has 0 saturated carbocycles. The highest BCUT2D eigenvalue weighted by atomic mass is 35.5. The first-order chi connectivity index (χ1) is 15.9. The molecule has 0 aliphatic rings. The van der Waals surface area contributed by atoms with Crippen molar-refractivity contribution in [3.8, 4) is 0 Å². The summed E-state index contributed by atoms with van der Waals surface area (Å²) in [5.41, 5.74) is -0.839. The van der Waals surface area contributed by atoms with E-state index in [0.717, 1.165) is 22.5 Å². The van der Waals surface area contributed by atoms with Gasteiger partial charge in [0, 0.05) is 32.9 Å². The maximum Gasteiger partial charge on any atom is 0.416 e. The number of alkyl halides is 3. The Morgan fingerprint density at radius 1 is 0.912 bits per heavy atom. The molecule has 5 nitrogen and oxygen atoms in total. The van der Waals surface area contributed by atoms with Crippen molar-refractivity contribution in [3.05, 3.63) is 92.9 Å². The van der Waals surface area contributed by atoms with Gasteiger partial charge in [0.15, 0.2) is 0 Å². The Morgan fingerprint density at radius 2 is 1.50 bits per heavy atom. The maximum atomic E-state index is 13.3. The minimum Gasteiger partial charge on any atom is -0.325 e. The molecule has 1 N–H and O–H groups in total. The number of hydrogen-bond acceptors (Lipinski definition) is 3. The number of carbonyl (C=O) groups excluding carboxylic acids is 1. The molecule has 0 fully saturated rings. The van der Waals surface area contributed by atoms with Gasteiger partial charge in [-0.2, -0.15) is 17.5 Å². The van der Waals surface area contributed by atoms with Crippen molar-refractivity contribution in [1.82, 2.24) is 4.31 Å². The largest absolute Gasteiger partial charge is 0.416 e. The summed E-state index contributed by atoms with van der Waals surface area (Å²) in [6.45, 7) is -1.08. The third-order valence-electron chi connectivity index (χ3n) is 4.64.